The first-order chi connectivity index (χ1) is 5.95. The molecular formula is C9H10ClN3. The molecule has 0 aliphatic heterocycles. The molecule has 1 aromatic heterocycles. The van der Waals surface area contributed by atoms with Crippen molar-refractivity contribution < 1.29 is 0 Å². The van der Waals surface area contributed by atoms with Crippen molar-refractivity contribution in [3.8, 4) is 6.07 Å². The molecular weight excluding hydrogens is 186 g/mol. The first kappa shape index (κ1) is 9.94. The third-order valence-corrected chi connectivity index (χ3v) is 1.92. The van der Waals surface area contributed by atoms with Crippen LogP contribution >= 0.6 is 11.6 Å². The van der Waals surface area contributed by atoms with Gasteiger partial charge in [0, 0.05) is 5.41 Å². The van der Waals surface area contributed by atoms with Crippen LogP contribution in [0.1, 0.15) is 32.0 Å². The van der Waals surface area contributed by atoms with Gasteiger partial charge in [-0.1, -0.05) is 32.4 Å². The molecule has 0 saturated heterocycles. The summed E-state index contributed by atoms with van der Waals surface area (Å²) in [5.74, 6) is 0. The molecule has 0 aromatic carbocycles. The number of nitrogens with zero attached hydrogens (tertiary/aromatic N) is 3. The zero-order chi connectivity index (χ0) is 10.1. The first-order valence-electron chi connectivity index (χ1n) is 3.89. The summed E-state index contributed by atoms with van der Waals surface area (Å²) in [5.41, 5.74) is 1.04. The lowest BCUT2D eigenvalue weighted by molar-refractivity contribution is 0.558. The Morgan fingerprint density at radius 3 is 2.46 bits per heavy atom. The van der Waals surface area contributed by atoms with E-state index < -0.39 is 0 Å². The van der Waals surface area contributed by atoms with Gasteiger partial charge in [-0.2, -0.15) is 10.4 Å². The third kappa shape index (κ3) is 2.16. The number of aromatic nitrogens is 2. The fourth-order valence-corrected chi connectivity index (χ4v) is 0.956. The molecule has 3 nitrogen and oxygen atoms in total. The number of hydrogen-bond donors (Lipinski definition) is 0. The van der Waals surface area contributed by atoms with Crippen LogP contribution in [0.4, 0.5) is 0 Å². The Morgan fingerprint density at radius 1 is 1.38 bits per heavy atom. The molecule has 0 spiro atoms. The molecule has 68 valence electrons. The molecule has 4 heteroatoms. The van der Waals surface area contributed by atoms with E-state index in [1.165, 1.54) is 0 Å². The summed E-state index contributed by atoms with van der Waals surface area (Å²) in [6, 6.07) is 3.65. The second-order valence-electron chi connectivity index (χ2n) is 3.80. The Morgan fingerprint density at radius 2 is 2.00 bits per heavy atom. The molecule has 0 fully saturated rings. The van der Waals surface area contributed by atoms with Crippen molar-refractivity contribution in [3.63, 3.8) is 0 Å². The third-order valence-electron chi connectivity index (χ3n) is 1.64. The fourth-order valence-electron chi connectivity index (χ4n) is 0.822. The van der Waals surface area contributed by atoms with Gasteiger partial charge in [-0.05, 0) is 6.07 Å². The lowest BCUT2D eigenvalue weighted by Crippen LogP contribution is -2.14. The topological polar surface area (TPSA) is 49.6 Å². The molecule has 0 bridgehead atoms. The molecule has 0 aliphatic carbocycles. The van der Waals surface area contributed by atoms with Gasteiger partial charge in [-0.15, -0.1) is 5.10 Å². The highest BCUT2D eigenvalue weighted by molar-refractivity contribution is 6.30. The van der Waals surface area contributed by atoms with Crippen molar-refractivity contribution in [1.29, 1.82) is 5.26 Å². The molecule has 0 amide bonds. The van der Waals surface area contributed by atoms with Crippen LogP contribution in [0, 0.1) is 11.3 Å². The second-order valence-corrected chi connectivity index (χ2v) is 4.15. The monoisotopic (exact) mass is 195 g/mol. The first-order valence-corrected chi connectivity index (χ1v) is 4.27. The van der Waals surface area contributed by atoms with Crippen molar-refractivity contribution in [2.45, 2.75) is 26.2 Å². The maximum atomic E-state index is 8.71. The highest BCUT2D eigenvalue weighted by Gasteiger charge is 2.17. The molecule has 0 unspecified atom stereocenters. The number of nitriles is 1. The lowest BCUT2D eigenvalue weighted by atomic mass is 9.91. The van der Waals surface area contributed by atoms with Crippen LogP contribution in [0.25, 0.3) is 0 Å². The highest BCUT2D eigenvalue weighted by Crippen LogP contribution is 2.22. The molecule has 1 heterocycles. The van der Waals surface area contributed by atoms with Crippen LogP contribution in [0.5, 0.6) is 0 Å². The minimum absolute atomic E-state index is 0.108. The summed E-state index contributed by atoms with van der Waals surface area (Å²) in [7, 11) is 0. The van der Waals surface area contributed by atoms with Crippen molar-refractivity contribution in [3.05, 3.63) is 22.5 Å². The fraction of sp³-hybridized carbons (Fsp3) is 0.444. The molecule has 0 N–H and O–H groups in total. The molecule has 1 aromatic rings. The molecule has 0 aliphatic rings. The van der Waals surface area contributed by atoms with Crippen molar-refractivity contribution in [2.24, 2.45) is 0 Å². The van der Waals surface area contributed by atoms with Crippen LogP contribution in [0.3, 0.4) is 0 Å². The van der Waals surface area contributed by atoms with Crippen LogP contribution in [0.15, 0.2) is 6.07 Å². The summed E-state index contributed by atoms with van der Waals surface area (Å²) < 4.78 is 0. The van der Waals surface area contributed by atoms with E-state index in [0.717, 1.165) is 5.69 Å². The smallest absolute Gasteiger partial charge is 0.169 e. The molecule has 0 radical (unpaired) electrons. The SMILES string of the molecule is CC(C)(C)c1cc(C#N)c(Cl)nn1. The minimum atomic E-state index is -0.108. The van der Waals surface area contributed by atoms with Crippen molar-refractivity contribution >= 4 is 11.6 Å². The van der Waals surface area contributed by atoms with Crippen molar-refractivity contribution in [1.82, 2.24) is 10.2 Å². The summed E-state index contributed by atoms with van der Waals surface area (Å²) in [6.45, 7) is 6.02. The van der Waals surface area contributed by atoms with E-state index in [1.54, 1.807) is 6.07 Å². The van der Waals surface area contributed by atoms with Crippen LogP contribution in [0.2, 0.25) is 5.15 Å². The predicted octanol–water partition coefficient (Wildman–Crippen LogP) is 2.30. The summed E-state index contributed by atoms with van der Waals surface area (Å²) in [6.07, 6.45) is 0. The van der Waals surface area contributed by atoms with Gasteiger partial charge in [0.05, 0.1) is 11.3 Å². The Hall–Kier alpha value is -1.14. The maximum absolute atomic E-state index is 8.71. The van der Waals surface area contributed by atoms with Crippen LogP contribution in [-0.2, 0) is 5.41 Å². The summed E-state index contributed by atoms with van der Waals surface area (Å²) in [5, 5.41) is 16.5. The van der Waals surface area contributed by atoms with E-state index in [0.29, 0.717) is 5.56 Å². The zero-order valence-electron chi connectivity index (χ0n) is 7.80. The Bertz CT molecular complexity index is 360. The quantitative estimate of drug-likeness (QED) is 0.638. The predicted molar refractivity (Wildman–Crippen MR) is 50.5 cm³/mol. The van der Waals surface area contributed by atoms with Gasteiger partial charge in [0.2, 0.25) is 0 Å². The molecule has 1 rings (SSSR count). The standard InChI is InChI=1S/C9H10ClN3/c1-9(2,3)7-4-6(5-11)8(10)13-12-7/h4H,1-3H3. The van der Waals surface area contributed by atoms with E-state index in [2.05, 4.69) is 10.2 Å². The van der Waals surface area contributed by atoms with E-state index in [-0.39, 0.29) is 10.6 Å². The van der Waals surface area contributed by atoms with Gasteiger partial charge in [0.15, 0.2) is 5.15 Å². The molecule has 13 heavy (non-hydrogen) atoms. The van der Waals surface area contributed by atoms with E-state index in [1.807, 2.05) is 26.8 Å². The van der Waals surface area contributed by atoms with Gasteiger partial charge in [0.1, 0.15) is 6.07 Å². The van der Waals surface area contributed by atoms with Crippen LogP contribution < -0.4 is 0 Å². The largest absolute Gasteiger partial charge is 0.192 e. The van der Waals surface area contributed by atoms with Gasteiger partial charge < -0.3 is 0 Å². The number of hydrogen-bond acceptors (Lipinski definition) is 3. The molecule has 0 saturated carbocycles. The van der Waals surface area contributed by atoms with Crippen molar-refractivity contribution in [2.75, 3.05) is 0 Å². The normalized spacial score (nSPS) is 11.0. The second kappa shape index (κ2) is 3.31. The Balaban J connectivity index is 3.24. The van der Waals surface area contributed by atoms with Gasteiger partial charge in [-0.25, -0.2) is 0 Å². The van der Waals surface area contributed by atoms with E-state index >= 15 is 0 Å². The number of halogens is 1. The average Bonchev–Trinajstić information content (AvgIpc) is 2.03. The van der Waals surface area contributed by atoms with Gasteiger partial charge >= 0.3 is 0 Å². The summed E-state index contributed by atoms with van der Waals surface area (Å²) in [4.78, 5) is 0. The van der Waals surface area contributed by atoms with E-state index in [4.69, 9.17) is 16.9 Å². The Labute approximate surface area is 82.4 Å². The lowest BCUT2D eigenvalue weighted by Gasteiger charge is -2.16. The van der Waals surface area contributed by atoms with E-state index in [9.17, 15) is 0 Å². The van der Waals surface area contributed by atoms with Gasteiger partial charge in [0.25, 0.3) is 0 Å². The Kier molecular flexibility index (Phi) is 2.53. The average molecular weight is 196 g/mol. The van der Waals surface area contributed by atoms with Crippen LogP contribution in [-0.4, -0.2) is 10.2 Å². The highest BCUT2D eigenvalue weighted by atomic mass is 35.5. The number of rotatable bonds is 0. The van der Waals surface area contributed by atoms with Gasteiger partial charge in [-0.3, -0.25) is 0 Å². The minimum Gasteiger partial charge on any atom is -0.192 e. The zero-order valence-corrected chi connectivity index (χ0v) is 8.55. The maximum Gasteiger partial charge on any atom is 0.169 e. The molecule has 0 atom stereocenters. The summed E-state index contributed by atoms with van der Waals surface area (Å²) >= 11 is 5.65.